The minimum absolute atomic E-state index is 0.286. The number of carbonyl (C=O) groups excluding carboxylic acids is 1. The van der Waals surface area contributed by atoms with E-state index in [0.29, 0.717) is 18.0 Å². The van der Waals surface area contributed by atoms with Crippen LogP contribution >= 0.6 is 0 Å². The standard InChI is InChI=1S/C19H36N2O2/c1-14-9-6-5-7-11-16(14)21-17-12-8-10-15(17)13-20-18(22)23-19(2,3)4/h14-17,21H,5-13H2,1-4H3,(H,20,22). The molecule has 2 aliphatic rings. The summed E-state index contributed by atoms with van der Waals surface area (Å²) in [5.41, 5.74) is -0.423. The lowest BCUT2D eigenvalue weighted by atomic mass is 9.94. The highest BCUT2D eigenvalue weighted by Crippen LogP contribution is 2.29. The summed E-state index contributed by atoms with van der Waals surface area (Å²) in [6.45, 7) is 8.83. The van der Waals surface area contributed by atoms with Gasteiger partial charge in [0.2, 0.25) is 0 Å². The van der Waals surface area contributed by atoms with E-state index in [-0.39, 0.29) is 6.09 Å². The third-order valence-corrected chi connectivity index (χ3v) is 5.36. The van der Waals surface area contributed by atoms with Crippen molar-refractivity contribution >= 4 is 6.09 Å². The quantitative estimate of drug-likeness (QED) is 0.761. The van der Waals surface area contributed by atoms with Gasteiger partial charge in [-0.25, -0.2) is 4.79 Å². The van der Waals surface area contributed by atoms with Crippen LogP contribution in [0.2, 0.25) is 0 Å². The maximum absolute atomic E-state index is 11.9. The summed E-state index contributed by atoms with van der Waals surface area (Å²) in [4.78, 5) is 11.9. The number of amides is 1. The lowest BCUT2D eigenvalue weighted by Crippen LogP contribution is -2.46. The van der Waals surface area contributed by atoms with E-state index in [1.165, 1.54) is 51.4 Å². The fourth-order valence-electron chi connectivity index (χ4n) is 4.04. The first-order valence-electron chi connectivity index (χ1n) is 9.58. The molecule has 0 heterocycles. The Bertz CT molecular complexity index is 378. The van der Waals surface area contributed by atoms with Crippen molar-refractivity contribution in [1.82, 2.24) is 10.6 Å². The van der Waals surface area contributed by atoms with Crippen LogP contribution in [0, 0.1) is 11.8 Å². The van der Waals surface area contributed by atoms with Crippen molar-refractivity contribution in [3.8, 4) is 0 Å². The minimum atomic E-state index is -0.423. The fraction of sp³-hybridized carbons (Fsp3) is 0.947. The fourth-order valence-corrected chi connectivity index (χ4v) is 4.04. The zero-order valence-corrected chi connectivity index (χ0v) is 15.5. The summed E-state index contributed by atoms with van der Waals surface area (Å²) in [6.07, 6.45) is 10.2. The second-order valence-corrected chi connectivity index (χ2v) is 8.57. The van der Waals surface area contributed by atoms with Gasteiger partial charge in [0, 0.05) is 18.6 Å². The van der Waals surface area contributed by atoms with Crippen LogP contribution in [0.1, 0.15) is 79.1 Å². The van der Waals surface area contributed by atoms with E-state index in [0.717, 1.165) is 12.5 Å². The largest absolute Gasteiger partial charge is 0.444 e. The molecule has 2 N–H and O–H groups in total. The van der Waals surface area contributed by atoms with Crippen LogP contribution in [0.15, 0.2) is 0 Å². The van der Waals surface area contributed by atoms with E-state index in [9.17, 15) is 4.79 Å². The smallest absolute Gasteiger partial charge is 0.407 e. The zero-order chi connectivity index (χ0) is 16.9. The number of hydrogen-bond donors (Lipinski definition) is 2. The molecule has 2 fully saturated rings. The van der Waals surface area contributed by atoms with Gasteiger partial charge in [-0.05, 0) is 58.3 Å². The molecular formula is C19H36N2O2. The molecule has 0 saturated heterocycles. The van der Waals surface area contributed by atoms with Gasteiger partial charge in [-0.2, -0.15) is 0 Å². The Morgan fingerprint density at radius 1 is 1.00 bits per heavy atom. The molecule has 2 rings (SSSR count). The number of carbonyl (C=O) groups is 1. The van der Waals surface area contributed by atoms with Gasteiger partial charge in [0.1, 0.15) is 5.60 Å². The molecule has 0 aromatic rings. The highest BCUT2D eigenvalue weighted by molar-refractivity contribution is 5.67. The molecule has 0 aliphatic heterocycles. The first-order chi connectivity index (χ1) is 10.8. The minimum Gasteiger partial charge on any atom is -0.444 e. The maximum atomic E-state index is 11.9. The lowest BCUT2D eigenvalue weighted by Gasteiger charge is -2.30. The first kappa shape index (κ1) is 18.6. The highest BCUT2D eigenvalue weighted by Gasteiger charge is 2.31. The molecule has 134 valence electrons. The SMILES string of the molecule is CC1CCCCCC1NC1CCCC1CNC(=O)OC(C)(C)C. The number of ether oxygens (including phenoxy) is 1. The van der Waals surface area contributed by atoms with Crippen LogP contribution in [0.25, 0.3) is 0 Å². The normalized spacial score (nSPS) is 32.3. The monoisotopic (exact) mass is 324 g/mol. The van der Waals surface area contributed by atoms with Gasteiger partial charge in [0.15, 0.2) is 0 Å². The molecule has 4 unspecified atom stereocenters. The molecule has 0 bridgehead atoms. The molecule has 4 atom stereocenters. The molecule has 0 spiro atoms. The molecule has 0 aromatic heterocycles. The van der Waals surface area contributed by atoms with Crippen molar-refractivity contribution < 1.29 is 9.53 Å². The van der Waals surface area contributed by atoms with E-state index in [2.05, 4.69) is 17.6 Å². The number of alkyl carbamates (subject to hydrolysis) is 1. The van der Waals surface area contributed by atoms with Gasteiger partial charge in [0.05, 0.1) is 0 Å². The summed E-state index contributed by atoms with van der Waals surface area (Å²) < 4.78 is 5.35. The van der Waals surface area contributed by atoms with Crippen molar-refractivity contribution in [2.75, 3.05) is 6.54 Å². The van der Waals surface area contributed by atoms with Gasteiger partial charge in [-0.3, -0.25) is 0 Å². The molecule has 0 radical (unpaired) electrons. The lowest BCUT2D eigenvalue weighted by molar-refractivity contribution is 0.0516. The molecule has 1 amide bonds. The van der Waals surface area contributed by atoms with E-state index < -0.39 is 5.60 Å². The van der Waals surface area contributed by atoms with Crippen molar-refractivity contribution in [1.29, 1.82) is 0 Å². The van der Waals surface area contributed by atoms with Crippen molar-refractivity contribution in [3.63, 3.8) is 0 Å². The van der Waals surface area contributed by atoms with E-state index in [1.807, 2.05) is 20.8 Å². The van der Waals surface area contributed by atoms with Gasteiger partial charge < -0.3 is 15.4 Å². The molecule has 4 heteroatoms. The average molecular weight is 325 g/mol. The summed E-state index contributed by atoms with van der Waals surface area (Å²) in [7, 11) is 0. The summed E-state index contributed by atoms with van der Waals surface area (Å²) in [5, 5.41) is 6.91. The molecule has 2 saturated carbocycles. The molecular weight excluding hydrogens is 288 g/mol. The van der Waals surface area contributed by atoms with Crippen LogP contribution in [0.5, 0.6) is 0 Å². The summed E-state index contributed by atoms with van der Waals surface area (Å²) >= 11 is 0. The first-order valence-corrected chi connectivity index (χ1v) is 9.58. The molecule has 23 heavy (non-hydrogen) atoms. The van der Waals surface area contributed by atoms with Gasteiger partial charge in [-0.15, -0.1) is 0 Å². The summed E-state index contributed by atoms with van der Waals surface area (Å²) in [6, 6.07) is 1.21. The van der Waals surface area contributed by atoms with E-state index in [1.54, 1.807) is 0 Å². The second-order valence-electron chi connectivity index (χ2n) is 8.57. The number of nitrogens with one attached hydrogen (secondary N) is 2. The third kappa shape index (κ3) is 6.33. The molecule has 4 nitrogen and oxygen atoms in total. The van der Waals surface area contributed by atoms with E-state index >= 15 is 0 Å². The predicted molar refractivity (Wildman–Crippen MR) is 94.5 cm³/mol. The van der Waals surface area contributed by atoms with Crippen LogP contribution in [-0.2, 0) is 4.74 Å². The Morgan fingerprint density at radius 3 is 2.43 bits per heavy atom. The van der Waals surface area contributed by atoms with E-state index in [4.69, 9.17) is 4.74 Å². The topological polar surface area (TPSA) is 50.4 Å². The molecule has 2 aliphatic carbocycles. The van der Waals surface area contributed by atoms with Crippen LogP contribution < -0.4 is 10.6 Å². The maximum Gasteiger partial charge on any atom is 0.407 e. The average Bonchev–Trinajstić information content (AvgIpc) is 2.78. The molecule has 0 aromatic carbocycles. The number of hydrogen-bond acceptors (Lipinski definition) is 3. The van der Waals surface area contributed by atoms with Crippen molar-refractivity contribution in [2.24, 2.45) is 11.8 Å². The van der Waals surface area contributed by atoms with Gasteiger partial charge in [-0.1, -0.05) is 32.6 Å². The Morgan fingerprint density at radius 2 is 1.70 bits per heavy atom. The van der Waals surface area contributed by atoms with Crippen LogP contribution in [0.4, 0.5) is 4.79 Å². The summed E-state index contributed by atoms with van der Waals surface area (Å²) in [5.74, 6) is 1.32. The highest BCUT2D eigenvalue weighted by atomic mass is 16.6. The van der Waals surface area contributed by atoms with Crippen LogP contribution in [-0.4, -0.2) is 30.3 Å². The van der Waals surface area contributed by atoms with Crippen molar-refractivity contribution in [3.05, 3.63) is 0 Å². The Balaban J connectivity index is 1.79. The van der Waals surface area contributed by atoms with Gasteiger partial charge >= 0.3 is 6.09 Å². The van der Waals surface area contributed by atoms with Crippen molar-refractivity contribution in [2.45, 2.75) is 96.7 Å². The Labute approximate surface area is 142 Å². The van der Waals surface area contributed by atoms with Crippen LogP contribution in [0.3, 0.4) is 0 Å². The second kappa shape index (κ2) is 8.36. The third-order valence-electron chi connectivity index (χ3n) is 5.36. The Kier molecular flexibility index (Phi) is 6.75. The Hall–Kier alpha value is -0.770. The number of rotatable bonds is 4. The van der Waals surface area contributed by atoms with Gasteiger partial charge in [0.25, 0.3) is 0 Å². The zero-order valence-electron chi connectivity index (χ0n) is 15.5. The predicted octanol–water partition coefficient (Wildman–Crippen LogP) is 4.24.